The van der Waals surface area contributed by atoms with E-state index in [0.29, 0.717) is 11.1 Å². The van der Waals surface area contributed by atoms with E-state index in [-0.39, 0.29) is 11.8 Å². The first kappa shape index (κ1) is 17.7. The van der Waals surface area contributed by atoms with E-state index in [2.05, 4.69) is 16.9 Å². The number of fused-ring (bicyclic) bond motifs is 1. The first-order chi connectivity index (χ1) is 12.0. The highest BCUT2D eigenvalue weighted by Crippen LogP contribution is 2.25. The second-order valence-corrected chi connectivity index (χ2v) is 8.40. The van der Waals surface area contributed by atoms with Crippen LogP contribution >= 0.6 is 0 Å². The second-order valence-electron chi connectivity index (χ2n) is 6.64. The maximum Gasteiger partial charge on any atom is 0.216 e. The number of hydrogen-bond donors (Lipinski definition) is 1. The average molecular weight is 354 g/mol. The fourth-order valence-corrected chi connectivity index (χ4v) is 4.69. The van der Waals surface area contributed by atoms with E-state index >= 15 is 0 Å². The first-order valence-electron chi connectivity index (χ1n) is 8.57. The van der Waals surface area contributed by atoms with Crippen LogP contribution in [0.5, 0.6) is 0 Å². The van der Waals surface area contributed by atoms with Gasteiger partial charge in [-0.1, -0.05) is 30.3 Å². The monoisotopic (exact) mass is 354 g/mol. The van der Waals surface area contributed by atoms with Crippen molar-refractivity contribution in [3.05, 3.63) is 70.3 Å². The van der Waals surface area contributed by atoms with E-state index in [0.717, 1.165) is 18.4 Å². The standard InChI is InChI=1S/C20H22N2O2S/c1-15(19-11-10-18-4-2-3-5-20(18)12-19)22-25(23,24)14-17-8-6-16(13-21)7-9-17/h6-12,15,22H,2-5,14H2,1H3. The van der Waals surface area contributed by atoms with Gasteiger partial charge in [-0.3, -0.25) is 0 Å². The van der Waals surface area contributed by atoms with Gasteiger partial charge in [0, 0.05) is 6.04 Å². The van der Waals surface area contributed by atoms with Gasteiger partial charge in [0.15, 0.2) is 0 Å². The molecule has 0 fully saturated rings. The van der Waals surface area contributed by atoms with Gasteiger partial charge in [0.2, 0.25) is 10.0 Å². The summed E-state index contributed by atoms with van der Waals surface area (Å²) in [5.74, 6) is -0.0893. The Kier molecular flexibility index (Phi) is 5.22. The van der Waals surface area contributed by atoms with E-state index in [1.807, 2.05) is 19.1 Å². The Morgan fingerprint density at radius 2 is 1.76 bits per heavy atom. The van der Waals surface area contributed by atoms with Gasteiger partial charge >= 0.3 is 0 Å². The van der Waals surface area contributed by atoms with Gasteiger partial charge in [-0.05, 0) is 67.0 Å². The van der Waals surface area contributed by atoms with Crippen molar-refractivity contribution in [3.8, 4) is 6.07 Å². The molecule has 2 aromatic carbocycles. The summed E-state index contributed by atoms with van der Waals surface area (Å²) < 4.78 is 27.7. The van der Waals surface area contributed by atoms with Gasteiger partial charge < -0.3 is 0 Å². The minimum Gasteiger partial charge on any atom is -0.212 e. The SMILES string of the molecule is CC(NS(=O)(=O)Cc1ccc(C#N)cc1)c1ccc2c(c1)CCCC2. The molecule has 1 aliphatic carbocycles. The topological polar surface area (TPSA) is 70.0 Å². The highest BCUT2D eigenvalue weighted by molar-refractivity contribution is 7.88. The Balaban J connectivity index is 1.70. The van der Waals surface area contributed by atoms with Crippen LogP contribution < -0.4 is 4.72 Å². The third-order valence-corrected chi connectivity index (χ3v) is 6.09. The number of sulfonamides is 1. The molecule has 1 atom stereocenters. The summed E-state index contributed by atoms with van der Waals surface area (Å²) in [6.45, 7) is 1.88. The molecule has 2 aromatic rings. The van der Waals surface area contributed by atoms with Crippen LogP contribution in [0.4, 0.5) is 0 Å². The van der Waals surface area contributed by atoms with E-state index in [4.69, 9.17) is 5.26 Å². The van der Waals surface area contributed by atoms with Crippen molar-refractivity contribution in [2.45, 2.75) is 44.4 Å². The lowest BCUT2D eigenvalue weighted by Gasteiger charge is -2.20. The molecule has 0 saturated carbocycles. The molecule has 0 saturated heterocycles. The lowest BCUT2D eigenvalue weighted by atomic mass is 9.89. The summed E-state index contributed by atoms with van der Waals surface area (Å²) in [5.41, 5.74) is 4.94. The highest BCUT2D eigenvalue weighted by Gasteiger charge is 2.18. The Hall–Kier alpha value is -2.16. The fraction of sp³-hybridized carbons (Fsp3) is 0.350. The number of aryl methyl sites for hydroxylation is 2. The zero-order valence-corrected chi connectivity index (χ0v) is 15.1. The maximum atomic E-state index is 12.5. The molecule has 1 N–H and O–H groups in total. The Morgan fingerprint density at radius 3 is 2.44 bits per heavy atom. The van der Waals surface area contributed by atoms with Gasteiger partial charge in [0.05, 0.1) is 17.4 Å². The van der Waals surface area contributed by atoms with Crippen LogP contribution in [0, 0.1) is 11.3 Å². The summed E-state index contributed by atoms with van der Waals surface area (Å²) in [6, 6.07) is 14.7. The van der Waals surface area contributed by atoms with Crippen molar-refractivity contribution < 1.29 is 8.42 Å². The molecule has 0 radical (unpaired) electrons. The molecule has 0 aliphatic heterocycles. The minimum atomic E-state index is -3.46. The third-order valence-electron chi connectivity index (χ3n) is 4.67. The summed E-state index contributed by atoms with van der Waals surface area (Å²) >= 11 is 0. The van der Waals surface area contributed by atoms with Crippen LogP contribution in [0.25, 0.3) is 0 Å². The second kappa shape index (κ2) is 7.38. The fourth-order valence-electron chi connectivity index (χ4n) is 3.30. The van der Waals surface area contributed by atoms with E-state index in [1.165, 1.54) is 24.0 Å². The lowest BCUT2D eigenvalue weighted by Crippen LogP contribution is -2.28. The molecule has 0 aromatic heterocycles. The van der Waals surface area contributed by atoms with Crippen LogP contribution in [0.1, 0.15) is 53.6 Å². The number of nitrogens with zero attached hydrogens (tertiary/aromatic N) is 1. The van der Waals surface area contributed by atoms with Crippen molar-refractivity contribution in [2.75, 3.05) is 0 Å². The molecular weight excluding hydrogens is 332 g/mol. The zero-order chi connectivity index (χ0) is 17.9. The van der Waals surface area contributed by atoms with Crippen LogP contribution in [-0.2, 0) is 28.6 Å². The highest BCUT2D eigenvalue weighted by atomic mass is 32.2. The van der Waals surface area contributed by atoms with E-state index in [9.17, 15) is 8.42 Å². The van der Waals surface area contributed by atoms with Gasteiger partial charge in [0.1, 0.15) is 0 Å². The van der Waals surface area contributed by atoms with Crippen molar-refractivity contribution >= 4 is 10.0 Å². The number of nitriles is 1. The third kappa shape index (κ3) is 4.47. The molecule has 1 unspecified atom stereocenters. The van der Waals surface area contributed by atoms with Crippen molar-refractivity contribution in [2.24, 2.45) is 0 Å². The Morgan fingerprint density at radius 1 is 1.08 bits per heavy atom. The molecule has 4 nitrogen and oxygen atoms in total. The molecule has 0 heterocycles. The number of benzene rings is 2. The normalized spacial score (nSPS) is 15.2. The molecule has 0 bridgehead atoms. The van der Waals surface area contributed by atoms with Crippen LogP contribution in [0.2, 0.25) is 0 Å². The first-order valence-corrected chi connectivity index (χ1v) is 10.2. The molecule has 5 heteroatoms. The molecule has 0 spiro atoms. The van der Waals surface area contributed by atoms with E-state index in [1.54, 1.807) is 24.3 Å². The number of rotatable bonds is 5. The molecule has 25 heavy (non-hydrogen) atoms. The Labute approximate surface area is 149 Å². The van der Waals surface area contributed by atoms with Crippen molar-refractivity contribution in [1.29, 1.82) is 5.26 Å². The van der Waals surface area contributed by atoms with Crippen molar-refractivity contribution in [1.82, 2.24) is 4.72 Å². The maximum absolute atomic E-state index is 12.5. The van der Waals surface area contributed by atoms with E-state index < -0.39 is 10.0 Å². The lowest BCUT2D eigenvalue weighted by molar-refractivity contribution is 0.565. The summed E-state index contributed by atoms with van der Waals surface area (Å²) in [6.07, 6.45) is 4.64. The quantitative estimate of drug-likeness (QED) is 0.891. The predicted molar refractivity (Wildman–Crippen MR) is 98.4 cm³/mol. The predicted octanol–water partition coefficient (Wildman–Crippen LogP) is 3.62. The largest absolute Gasteiger partial charge is 0.216 e. The summed E-state index contributed by atoms with van der Waals surface area (Å²) in [7, 11) is -3.46. The molecule has 3 rings (SSSR count). The van der Waals surface area contributed by atoms with Gasteiger partial charge in [-0.15, -0.1) is 0 Å². The van der Waals surface area contributed by atoms with Gasteiger partial charge in [0.25, 0.3) is 0 Å². The minimum absolute atomic E-state index is 0.0893. The summed E-state index contributed by atoms with van der Waals surface area (Å²) in [5, 5.41) is 8.81. The molecule has 130 valence electrons. The van der Waals surface area contributed by atoms with Gasteiger partial charge in [-0.2, -0.15) is 5.26 Å². The molecule has 0 amide bonds. The van der Waals surface area contributed by atoms with Crippen molar-refractivity contribution in [3.63, 3.8) is 0 Å². The van der Waals surface area contributed by atoms with Crippen LogP contribution in [-0.4, -0.2) is 8.42 Å². The molecule has 1 aliphatic rings. The Bertz CT molecular complexity index is 896. The average Bonchev–Trinajstić information content (AvgIpc) is 2.61. The summed E-state index contributed by atoms with van der Waals surface area (Å²) in [4.78, 5) is 0. The van der Waals surface area contributed by atoms with Crippen LogP contribution in [0.15, 0.2) is 42.5 Å². The number of hydrogen-bond acceptors (Lipinski definition) is 3. The zero-order valence-electron chi connectivity index (χ0n) is 14.3. The van der Waals surface area contributed by atoms with Crippen LogP contribution in [0.3, 0.4) is 0 Å². The van der Waals surface area contributed by atoms with Gasteiger partial charge in [-0.25, -0.2) is 13.1 Å². The molecular formula is C20H22N2O2S. The smallest absolute Gasteiger partial charge is 0.212 e. The number of nitrogens with one attached hydrogen (secondary N) is 1.